The Morgan fingerprint density at radius 2 is 2.03 bits per heavy atom. The highest BCUT2D eigenvalue weighted by Gasteiger charge is 2.26. The fourth-order valence-corrected chi connectivity index (χ4v) is 4.21. The predicted octanol–water partition coefficient (Wildman–Crippen LogP) is 2.74. The number of carbonyl (C=O) groups excluding carboxylic acids is 2. The van der Waals surface area contributed by atoms with Gasteiger partial charge in [0.1, 0.15) is 5.75 Å². The largest absolute Gasteiger partial charge is 0.497 e. The number of benzene rings is 1. The third-order valence-electron chi connectivity index (χ3n) is 5.14. The number of anilines is 1. The van der Waals surface area contributed by atoms with Crippen molar-refractivity contribution < 1.29 is 14.3 Å². The molecule has 1 fully saturated rings. The molecule has 29 heavy (non-hydrogen) atoms. The summed E-state index contributed by atoms with van der Waals surface area (Å²) in [5.74, 6) is 0.652. The first kappa shape index (κ1) is 21.3. The van der Waals surface area contributed by atoms with Gasteiger partial charge in [0.25, 0.3) is 0 Å². The molecule has 7 nitrogen and oxygen atoms in total. The Kier molecular flexibility index (Phi) is 7.22. The Morgan fingerprint density at radius 1 is 1.28 bits per heavy atom. The van der Waals surface area contributed by atoms with Crippen LogP contribution in [0.15, 0.2) is 24.3 Å². The molecule has 1 aromatic heterocycles. The number of ether oxygens (including phenoxy) is 1. The van der Waals surface area contributed by atoms with Crippen LogP contribution >= 0.6 is 11.3 Å². The van der Waals surface area contributed by atoms with Crippen molar-refractivity contribution in [1.29, 1.82) is 0 Å². The van der Waals surface area contributed by atoms with Crippen LogP contribution in [-0.4, -0.2) is 48.4 Å². The van der Waals surface area contributed by atoms with Crippen LogP contribution in [0.4, 0.5) is 5.13 Å². The minimum absolute atomic E-state index is 0.0390. The van der Waals surface area contributed by atoms with Gasteiger partial charge in [0, 0.05) is 18.0 Å². The lowest BCUT2D eigenvalue weighted by atomic mass is 9.97. The third-order valence-corrected chi connectivity index (χ3v) is 6.13. The summed E-state index contributed by atoms with van der Waals surface area (Å²) in [5, 5.41) is 6.52. The second-order valence-electron chi connectivity index (χ2n) is 7.35. The van der Waals surface area contributed by atoms with Crippen LogP contribution in [0.3, 0.4) is 0 Å². The predicted molar refractivity (Wildman–Crippen MR) is 114 cm³/mol. The number of hydrogen-bond acceptors (Lipinski definition) is 6. The highest BCUT2D eigenvalue weighted by molar-refractivity contribution is 7.15. The molecule has 156 valence electrons. The molecule has 0 saturated carbocycles. The van der Waals surface area contributed by atoms with E-state index in [9.17, 15) is 9.59 Å². The first-order valence-corrected chi connectivity index (χ1v) is 10.6. The first-order chi connectivity index (χ1) is 13.9. The molecular weight excluding hydrogens is 388 g/mol. The fraction of sp³-hybridized carbons (Fsp3) is 0.476. The lowest BCUT2D eigenvalue weighted by Gasteiger charge is -2.31. The van der Waals surface area contributed by atoms with Crippen LogP contribution in [0.25, 0.3) is 0 Å². The molecule has 2 amide bonds. The van der Waals surface area contributed by atoms with Gasteiger partial charge in [0.05, 0.1) is 25.3 Å². The first-order valence-electron chi connectivity index (χ1n) is 9.81. The number of amides is 2. The second kappa shape index (κ2) is 9.84. The number of aryl methyl sites for hydroxylation is 2. The van der Waals surface area contributed by atoms with Crippen LogP contribution in [0.2, 0.25) is 0 Å². The van der Waals surface area contributed by atoms with Gasteiger partial charge >= 0.3 is 0 Å². The molecule has 2 heterocycles. The molecular formula is C21H28N4O3S. The summed E-state index contributed by atoms with van der Waals surface area (Å²) in [5.41, 5.74) is 1.97. The Balaban J connectivity index is 1.46. The molecule has 1 aliphatic heterocycles. The maximum Gasteiger partial charge on any atom is 0.240 e. The summed E-state index contributed by atoms with van der Waals surface area (Å²) >= 11 is 1.48. The number of likely N-dealkylation sites (tertiary alicyclic amines) is 1. The number of piperidine rings is 1. The van der Waals surface area contributed by atoms with E-state index in [0.29, 0.717) is 18.2 Å². The summed E-state index contributed by atoms with van der Waals surface area (Å²) in [7, 11) is 1.63. The van der Waals surface area contributed by atoms with Crippen LogP contribution in [0.1, 0.15) is 29.0 Å². The van der Waals surface area contributed by atoms with E-state index < -0.39 is 0 Å². The number of aromatic nitrogens is 1. The number of carbonyl (C=O) groups is 2. The molecule has 0 spiro atoms. The molecule has 1 saturated heterocycles. The molecule has 0 radical (unpaired) electrons. The van der Waals surface area contributed by atoms with E-state index in [0.717, 1.165) is 41.3 Å². The van der Waals surface area contributed by atoms with E-state index in [-0.39, 0.29) is 24.3 Å². The van der Waals surface area contributed by atoms with E-state index in [2.05, 4.69) is 15.6 Å². The number of rotatable bonds is 7. The highest BCUT2D eigenvalue weighted by atomic mass is 32.1. The van der Waals surface area contributed by atoms with Gasteiger partial charge in [-0.1, -0.05) is 12.1 Å². The van der Waals surface area contributed by atoms with E-state index >= 15 is 0 Å². The van der Waals surface area contributed by atoms with Gasteiger partial charge in [-0.05, 0) is 50.9 Å². The Bertz CT molecular complexity index is 831. The minimum Gasteiger partial charge on any atom is -0.497 e. The van der Waals surface area contributed by atoms with Crippen molar-refractivity contribution in [2.24, 2.45) is 5.92 Å². The summed E-state index contributed by atoms with van der Waals surface area (Å²) in [4.78, 5) is 32.4. The van der Waals surface area contributed by atoms with Crippen molar-refractivity contribution in [2.75, 3.05) is 32.1 Å². The zero-order chi connectivity index (χ0) is 20.8. The molecule has 3 rings (SSSR count). The average molecular weight is 417 g/mol. The topological polar surface area (TPSA) is 83.6 Å². The Morgan fingerprint density at radius 3 is 2.69 bits per heavy atom. The standard InChI is InChI=1S/C21H28N4O3S/c1-14-15(2)29-21(23-14)24-19(26)13-25-10-4-5-17(12-25)20(27)22-11-16-6-8-18(28-3)9-7-16/h6-9,17H,4-5,10-13H2,1-3H3,(H,22,27)(H,23,24,26). The molecule has 1 unspecified atom stereocenters. The normalized spacial score (nSPS) is 17.0. The number of hydrogen-bond donors (Lipinski definition) is 2. The quantitative estimate of drug-likeness (QED) is 0.725. The van der Waals surface area contributed by atoms with Gasteiger partial charge in [0.2, 0.25) is 11.8 Å². The van der Waals surface area contributed by atoms with E-state index in [4.69, 9.17) is 4.74 Å². The van der Waals surface area contributed by atoms with Gasteiger partial charge < -0.3 is 15.4 Å². The number of thiazole rings is 1. The highest BCUT2D eigenvalue weighted by Crippen LogP contribution is 2.21. The maximum absolute atomic E-state index is 12.6. The lowest BCUT2D eigenvalue weighted by Crippen LogP contribution is -2.45. The van der Waals surface area contributed by atoms with Crippen molar-refractivity contribution >= 4 is 28.3 Å². The van der Waals surface area contributed by atoms with Crippen molar-refractivity contribution in [2.45, 2.75) is 33.2 Å². The molecule has 0 bridgehead atoms. The molecule has 8 heteroatoms. The fourth-order valence-electron chi connectivity index (χ4n) is 3.38. The average Bonchev–Trinajstić information content (AvgIpc) is 3.03. The zero-order valence-corrected chi connectivity index (χ0v) is 18.0. The SMILES string of the molecule is COc1ccc(CNC(=O)C2CCCN(CC(=O)Nc3nc(C)c(C)s3)C2)cc1. The lowest BCUT2D eigenvalue weighted by molar-refractivity contribution is -0.128. The van der Waals surface area contributed by atoms with Crippen LogP contribution in [-0.2, 0) is 16.1 Å². The van der Waals surface area contributed by atoms with Crippen molar-refractivity contribution in [3.8, 4) is 5.75 Å². The molecule has 2 N–H and O–H groups in total. The summed E-state index contributed by atoms with van der Waals surface area (Å²) in [6, 6.07) is 7.65. The second-order valence-corrected chi connectivity index (χ2v) is 8.55. The number of nitrogens with zero attached hydrogens (tertiary/aromatic N) is 2. The summed E-state index contributed by atoms with van der Waals surface area (Å²) in [6.07, 6.45) is 1.75. The number of methoxy groups -OCH3 is 1. The summed E-state index contributed by atoms with van der Waals surface area (Å²) in [6.45, 7) is 6.11. The van der Waals surface area contributed by atoms with Gasteiger partial charge in [-0.25, -0.2) is 4.98 Å². The van der Waals surface area contributed by atoms with Crippen molar-refractivity contribution in [3.05, 3.63) is 40.4 Å². The van der Waals surface area contributed by atoms with Crippen LogP contribution in [0.5, 0.6) is 5.75 Å². The minimum atomic E-state index is -0.0980. The smallest absolute Gasteiger partial charge is 0.240 e. The van der Waals surface area contributed by atoms with E-state index in [1.807, 2.05) is 43.0 Å². The van der Waals surface area contributed by atoms with E-state index in [1.54, 1.807) is 7.11 Å². The van der Waals surface area contributed by atoms with Gasteiger partial charge in [0.15, 0.2) is 5.13 Å². The van der Waals surface area contributed by atoms with Crippen LogP contribution in [0, 0.1) is 19.8 Å². The zero-order valence-electron chi connectivity index (χ0n) is 17.2. The van der Waals surface area contributed by atoms with Gasteiger partial charge in [-0.2, -0.15) is 0 Å². The molecule has 0 aliphatic carbocycles. The molecule has 1 aromatic carbocycles. The Hall–Kier alpha value is -2.45. The molecule has 2 aromatic rings. The molecule has 1 aliphatic rings. The van der Waals surface area contributed by atoms with Crippen molar-refractivity contribution in [3.63, 3.8) is 0 Å². The van der Waals surface area contributed by atoms with Gasteiger partial charge in [-0.15, -0.1) is 11.3 Å². The maximum atomic E-state index is 12.6. The monoisotopic (exact) mass is 416 g/mol. The van der Waals surface area contributed by atoms with Gasteiger partial charge in [-0.3, -0.25) is 14.5 Å². The molecule has 1 atom stereocenters. The third kappa shape index (κ3) is 6.01. The Labute approximate surface area is 175 Å². The number of nitrogens with one attached hydrogen (secondary N) is 2. The summed E-state index contributed by atoms with van der Waals surface area (Å²) < 4.78 is 5.15. The van der Waals surface area contributed by atoms with Crippen molar-refractivity contribution in [1.82, 2.24) is 15.2 Å². The van der Waals surface area contributed by atoms with E-state index in [1.165, 1.54) is 11.3 Å². The van der Waals surface area contributed by atoms with Crippen LogP contribution < -0.4 is 15.4 Å².